The molecule has 0 bridgehead atoms. The Morgan fingerprint density at radius 2 is 2.00 bits per heavy atom. The van der Waals surface area contributed by atoms with Crippen molar-refractivity contribution in [1.29, 1.82) is 0 Å². The third-order valence-electron chi connectivity index (χ3n) is 2.60. The fraction of sp³-hybridized carbons (Fsp3) is 0.818. The van der Waals surface area contributed by atoms with Gasteiger partial charge in [0, 0.05) is 12.6 Å². The molecule has 0 aliphatic rings. The number of hydrogen-bond acceptors (Lipinski definition) is 4. The molecule has 6 nitrogen and oxygen atoms in total. The molecule has 0 spiro atoms. The molecule has 4 N–H and O–H groups in total. The first-order valence-electron chi connectivity index (χ1n) is 5.80. The van der Waals surface area contributed by atoms with Crippen LogP contribution in [0.25, 0.3) is 0 Å². The van der Waals surface area contributed by atoms with Crippen LogP contribution in [0.1, 0.15) is 26.7 Å². The lowest BCUT2D eigenvalue weighted by Gasteiger charge is -2.20. The lowest BCUT2D eigenvalue weighted by Crippen LogP contribution is -2.42. The SMILES string of the molecule is CC(C)N(C)CCCNC(=O)C(N)CC(=O)O. The molecule has 0 radical (unpaired) electrons. The molecule has 1 unspecified atom stereocenters. The third-order valence-corrected chi connectivity index (χ3v) is 2.60. The highest BCUT2D eigenvalue weighted by molar-refractivity contribution is 5.85. The topological polar surface area (TPSA) is 95.7 Å². The van der Waals surface area contributed by atoms with Crippen LogP contribution in [0.4, 0.5) is 0 Å². The van der Waals surface area contributed by atoms with E-state index in [2.05, 4.69) is 24.1 Å². The fourth-order valence-corrected chi connectivity index (χ4v) is 1.21. The number of carbonyl (C=O) groups is 2. The van der Waals surface area contributed by atoms with Crippen molar-refractivity contribution >= 4 is 11.9 Å². The number of nitrogens with zero attached hydrogens (tertiary/aromatic N) is 1. The van der Waals surface area contributed by atoms with Crippen molar-refractivity contribution in [2.45, 2.75) is 38.8 Å². The van der Waals surface area contributed by atoms with Gasteiger partial charge in [0.1, 0.15) is 0 Å². The van der Waals surface area contributed by atoms with Crippen LogP contribution in [0.3, 0.4) is 0 Å². The molecule has 17 heavy (non-hydrogen) atoms. The van der Waals surface area contributed by atoms with Crippen LogP contribution < -0.4 is 11.1 Å². The quantitative estimate of drug-likeness (QED) is 0.507. The van der Waals surface area contributed by atoms with Crippen molar-refractivity contribution < 1.29 is 14.7 Å². The van der Waals surface area contributed by atoms with Crippen molar-refractivity contribution in [2.75, 3.05) is 20.1 Å². The van der Waals surface area contributed by atoms with E-state index in [0.29, 0.717) is 12.6 Å². The van der Waals surface area contributed by atoms with Crippen LogP contribution in [-0.2, 0) is 9.59 Å². The Labute approximate surface area is 102 Å². The first kappa shape index (κ1) is 15.9. The average molecular weight is 245 g/mol. The van der Waals surface area contributed by atoms with Crippen LogP contribution in [0, 0.1) is 0 Å². The van der Waals surface area contributed by atoms with Gasteiger partial charge in [-0.1, -0.05) is 0 Å². The molecular weight excluding hydrogens is 222 g/mol. The smallest absolute Gasteiger partial charge is 0.305 e. The number of nitrogens with one attached hydrogen (secondary N) is 1. The summed E-state index contributed by atoms with van der Waals surface area (Å²) in [6.07, 6.45) is 0.484. The van der Waals surface area contributed by atoms with E-state index in [4.69, 9.17) is 10.8 Å². The minimum absolute atomic E-state index is 0.336. The molecule has 1 atom stereocenters. The van der Waals surface area contributed by atoms with Gasteiger partial charge in [-0.2, -0.15) is 0 Å². The van der Waals surface area contributed by atoms with Crippen molar-refractivity contribution in [1.82, 2.24) is 10.2 Å². The summed E-state index contributed by atoms with van der Waals surface area (Å²) >= 11 is 0. The minimum Gasteiger partial charge on any atom is -0.481 e. The number of nitrogens with two attached hydrogens (primary N) is 1. The van der Waals surface area contributed by atoms with E-state index in [0.717, 1.165) is 13.0 Å². The maximum atomic E-state index is 11.3. The predicted molar refractivity (Wildman–Crippen MR) is 65.6 cm³/mol. The summed E-state index contributed by atoms with van der Waals surface area (Å²) in [6, 6.07) is -0.490. The van der Waals surface area contributed by atoms with E-state index in [-0.39, 0.29) is 6.42 Å². The molecule has 0 saturated heterocycles. The first-order valence-corrected chi connectivity index (χ1v) is 5.80. The summed E-state index contributed by atoms with van der Waals surface area (Å²) in [5.41, 5.74) is 5.41. The van der Waals surface area contributed by atoms with Crippen LogP contribution >= 0.6 is 0 Å². The van der Waals surface area contributed by atoms with Gasteiger partial charge in [0.05, 0.1) is 12.5 Å². The van der Waals surface area contributed by atoms with Gasteiger partial charge in [-0.25, -0.2) is 0 Å². The fourth-order valence-electron chi connectivity index (χ4n) is 1.21. The number of amides is 1. The first-order chi connectivity index (χ1) is 7.84. The Hall–Kier alpha value is -1.14. The standard InChI is InChI=1S/C11H23N3O3/c1-8(2)14(3)6-4-5-13-11(17)9(12)7-10(15)16/h8-9H,4-7,12H2,1-3H3,(H,13,17)(H,15,16). The van der Waals surface area contributed by atoms with Crippen molar-refractivity contribution in [3.05, 3.63) is 0 Å². The molecule has 0 aromatic heterocycles. The lowest BCUT2D eigenvalue weighted by atomic mass is 10.2. The Morgan fingerprint density at radius 1 is 1.41 bits per heavy atom. The highest BCUT2D eigenvalue weighted by Crippen LogP contribution is 1.94. The van der Waals surface area contributed by atoms with Gasteiger partial charge in [0.25, 0.3) is 0 Å². The summed E-state index contributed by atoms with van der Waals surface area (Å²) in [5.74, 6) is -1.47. The second-order valence-corrected chi connectivity index (χ2v) is 4.42. The molecular formula is C11H23N3O3. The molecule has 0 aliphatic heterocycles. The maximum absolute atomic E-state index is 11.3. The highest BCUT2D eigenvalue weighted by atomic mass is 16.4. The third kappa shape index (κ3) is 7.70. The second-order valence-electron chi connectivity index (χ2n) is 4.42. The van der Waals surface area contributed by atoms with E-state index in [1.807, 2.05) is 7.05 Å². The lowest BCUT2D eigenvalue weighted by molar-refractivity contribution is -0.139. The molecule has 0 aromatic carbocycles. The Bertz CT molecular complexity index is 256. The number of rotatable bonds is 8. The number of hydrogen-bond donors (Lipinski definition) is 3. The van der Waals surface area contributed by atoms with E-state index >= 15 is 0 Å². The Kier molecular flexibility index (Phi) is 7.49. The number of carbonyl (C=O) groups excluding carboxylic acids is 1. The molecule has 100 valence electrons. The zero-order valence-corrected chi connectivity index (χ0v) is 10.8. The van der Waals surface area contributed by atoms with Gasteiger partial charge < -0.3 is 21.1 Å². The van der Waals surface area contributed by atoms with Gasteiger partial charge in [-0.05, 0) is 33.9 Å². The summed E-state index contributed by atoms with van der Waals surface area (Å²) in [5, 5.41) is 11.1. The molecule has 6 heteroatoms. The number of carboxylic acids is 1. The largest absolute Gasteiger partial charge is 0.481 e. The molecule has 0 aromatic rings. The molecule has 0 heterocycles. The second kappa shape index (κ2) is 8.03. The van der Waals surface area contributed by atoms with Crippen LogP contribution in [0.2, 0.25) is 0 Å². The summed E-state index contributed by atoms with van der Waals surface area (Å²) in [7, 11) is 2.02. The van der Waals surface area contributed by atoms with E-state index < -0.39 is 17.9 Å². The minimum atomic E-state index is -1.06. The van der Waals surface area contributed by atoms with Crippen LogP contribution in [-0.4, -0.2) is 54.1 Å². The number of carboxylic acid groups (broad SMARTS) is 1. The van der Waals surface area contributed by atoms with Gasteiger partial charge in [0.2, 0.25) is 5.91 Å². The maximum Gasteiger partial charge on any atom is 0.305 e. The zero-order chi connectivity index (χ0) is 13.4. The predicted octanol–water partition coefficient (Wildman–Crippen LogP) is -0.365. The van der Waals surface area contributed by atoms with Gasteiger partial charge >= 0.3 is 5.97 Å². The van der Waals surface area contributed by atoms with Crippen molar-refractivity contribution in [3.63, 3.8) is 0 Å². The summed E-state index contributed by atoms with van der Waals surface area (Å²) < 4.78 is 0. The molecule has 0 aliphatic carbocycles. The van der Waals surface area contributed by atoms with Gasteiger partial charge in [-0.15, -0.1) is 0 Å². The average Bonchev–Trinajstić information content (AvgIpc) is 2.22. The molecule has 1 amide bonds. The van der Waals surface area contributed by atoms with Crippen LogP contribution in [0.5, 0.6) is 0 Å². The van der Waals surface area contributed by atoms with Gasteiger partial charge in [-0.3, -0.25) is 9.59 Å². The van der Waals surface area contributed by atoms with Crippen molar-refractivity contribution in [2.24, 2.45) is 5.73 Å². The van der Waals surface area contributed by atoms with Crippen LogP contribution in [0.15, 0.2) is 0 Å². The summed E-state index contributed by atoms with van der Waals surface area (Å²) in [4.78, 5) is 23.9. The summed E-state index contributed by atoms with van der Waals surface area (Å²) in [6.45, 7) is 5.60. The molecule has 0 saturated carbocycles. The molecule has 0 fully saturated rings. The van der Waals surface area contributed by atoms with E-state index in [1.54, 1.807) is 0 Å². The normalized spacial score (nSPS) is 12.8. The van der Waals surface area contributed by atoms with Crippen molar-refractivity contribution in [3.8, 4) is 0 Å². The zero-order valence-electron chi connectivity index (χ0n) is 10.8. The molecule has 0 rings (SSSR count). The van der Waals surface area contributed by atoms with E-state index in [1.165, 1.54) is 0 Å². The Balaban J connectivity index is 3.68. The number of aliphatic carboxylic acids is 1. The highest BCUT2D eigenvalue weighted by Gasteiger charge is 2.16. The Morgan fingerprint density at radius 3 is 2.47 bits per heavy atom. The van der Waals surface area contributed by atoms with Gasteiger partial charge in [0.15, 0.2) is 0 Å². The monoisotopic (exact) mass is 245 g/mol. The van der Waals surface area contributed by atoms with E-state index in [9.17, 15) is 9.59 Å².